The summed E-state index contributed by atoms with van der Waals surface area (Å²) in [6, 6.07) is 0.392. The van der Waals surface area contributed by atoms with E-state index in [1.807, 2.05) is 4.90 Å². The number of morpholine rings is 1. The van der Waals surface area contributed by atoms with Crippen molar-refractivity contribution in [1.29, 1.82) is 0 Å². The molecule has 3 aliphatic rings. The molecule has 150 valence electrons. The van der Waals surface area contributed by atoms with Crippen LogP contribution in [0, 0.1) is 5.92 Å². The van der Waals surface area contributed by atoms with Crippen molar-refractivity contribution in [3.63, 3.8) is 0 Å². The molecule has 4 rings (SSSR count). The van der Waals surface area contributed by atoms with Crippen LogP contribution in [-0.2, 0) is 16.1 Å². The zero-order chi connectivity index (χ0) is 18.6. The van der Waals surface area contributed by atoms with E-state index in [1.54, 1.807) is 18.3 Å². The van der Waals surface area contributed by atoms with Crippen LogP contribution < -0.4 is 4.90 Å². The van der Waals surface area contributed by atoms with Gasteiger partial charge in [0.05, 0.1) is 18.9 Å². The summed E-state index contributed by atoms with van der Waals surface area (Å²) in [5.74, 6) is 0.984. The first-order chi connectivity index (χ1) is 13.2. The summed E-state index contributed by atoms with van der Waals surface area (Å²) in [4.78, 5) is 23.6. The summed E-state index contributed by atoms with van der Waals surface area (Å²) in [5.41, 5.74) is 1.12. The largest absolute Gasteiger partial charge is 0.379 e. The number of aromatic nitrogens is 1. The maximum atomic E-state index is 11.9. The van der Waals surface area contributed by atoms with Gasteiger partial charge in [0.15, 0.2) is 5.13 Å². The smallest absolute Gasteiger partial charge is 0.225 e. The van der Waals surface area contributed by atoms with Crippen LogP contribution in [0.3, 0.4) is 0 Å². The summed E-state index contributed by atoms with van der Waals surface area (Å²) in [5, 5.41) is 3.03. The zero-order valence-corrected chi connectivity index (χ0v) is 17.3. The molecule has 1 saturated carbocycles. The molecule has 2 aliphatic heterocycles. The molecule has 0 radical (unpaired) electrons. The maximum absolute atomic E-state index is 11.9. The summed E-state index contributed by atoms with van der Waals surface area (Å²) in [6.45, 7) is 10.1. The third-order valence-corrected chi connectivity index (χ3v) is 6.94. The second-order valence-corrected chi connectivity index (χ2v) is 9.04. The summed E-state index contributed by atoms with van der Waals surface area (Å²) >= 11 is 1.62. The van der Waals surface area contributed by atoms with Crippen LogP contribution in [0.4, 0.5) is 5.13 Å². The molecule has 6 nitrogen and oxygen atoms in total. The van der Waals surface area contributed by atoms with Crippen molar-refractivity contribution >= 4 is 22.4 Å². The third-order valence-electron chi connectivity index (χ3n) is 6.05. The van der Waals surface area contributed by atoms with Crippen molar-refractivity contribution < 1.29 is 9.53 Å². The lowest BCUT2D eigenvalue weighted by molar-refractivity contribution is -0.116. The SMILES string of the molecule is CC(=O)N(c1nc(CN2CCC(CCN3CCOCC3)CC2)cs1)C1CC1. The molecule has 0 bridgehead atoms. The number of rotatable bonds is 7. The fourth-order valence-corrected chi connectivity index (χ4v) is 5.14. The molecule has 1 aromatic rings. The standard InChI is InChI=1S/C20H32N4O2S/c1-16(25)24(19-2-3-19)20-21-18(15-27-20)14-23-8-5-17(6-9-23)4-7-22-10-12-26-13-11-22/h15,17,19H,2-14H2,1H3. The Hall–Kier alpha value is -1.02. The number of thiazole rings is 1. The van der Waals surface area contributed by atoms with Crippen molar-refractivity contribution in [3.05, 3.63) is 11.1 Å². The Morgan fingerprint density at radius 2 is 1.93 bits per heavy atom. The van der Waals surface area contributed by atoms with Crippen LogP contribution >= 0.6 is 11.3 Å². The van der Waals surface area contributed by atoms with Crippen molar-refractivity contribution in [2.75, 3.05) is 50.8 Å². The lowest BCUT2D eigenvalue weighted by Gasteiger charge is -2.33. The minimum atomic E-state index is 0.125. The molecule has 1 aliphatic carbocycles. The number of hydrogen-bond donors (Lipinski definition) is 0. The number of likely N-dealkylation sites (tertiary alicyclic amines) is 1. The molecule has 0 unspecified atom stereocenters. The van der Waals surface area contributed by atoms with Crippen molar-refractivity contribution in [2.24, 2.45) is 5.92 Å². The average molecular weight is 393 g/mol. The number of amides is 1. The van der Waals surface area contributed by atoms with E-state index in [1.165, 1.54) is 38.9 Å². The van der Waals surface area contributed by atoms with Gasteiger partial charge in [0.2, 0.25) is 5.91 Å². The number of nitrogens with zero attached hydrogens (tertiary/aromatic N) is 4. The minimum Gasteiger partial charge on any atom is -0.379 e. The number of ether oxygens (including phenoxy) is 1. The van der Waals surface area contributed by atoms with Crippen molar-refractivity contribution in [1.82, 2.24) is 14.8 Å². The van der Waals surface area contributed by atoms with Gasteiger partial charge in [-0.2, -0.15) is 0 Å². The van der Waals surface area contributed by atoms with Crippen LogP contribution in [-0.4, -0.2) is 72.7 Å². The van der Waals surface area contributed by atoms with E-state index in [4.69, 9.17) is 9.72 Å². The lowest BCUT2D eigenvalue weighted by Crippen LogP contribution is -2.39. The topological polar surface area (TPSA) is 48.9 Å². The van der Waals surface area contributed by atoms with Gasteiger partial charge in [-0.1, -0.05) is 0 Å². The highest BCUT2D eigenvalue weighted by Gasteiger charge is 2.33. The van der Waals surface area contributed by atoms with E-state index in [9.17, 15) is 4.79 Å². The van der Waals surface area contributed by atoms with Gasteiger partial charge in [0.25, 0.3) is 0 Å². The Labute approximate surface area is 166 Å². The van der Waals surface area contributed by atoms with Crippen LogP contribution in [0.1, 0.15) is 44.7 Å². The van der Waals surface area contributed by atoms with E-state index in [-0.39, 0.29) is 5.91 Å². The predicted molar refractivity (Wildman–Crippen MR) is 108 cm³/mol. The predicted octanol–water partition coefficient (Wildman–Crippen LogP) is 2.59. The van der Waals surface area contributed by atoms with Gasteiger partial charge in [-0.3, -0.25) is 19.5 Å². The normalized spacial score (nSPS) is 22.9. The zero-order valence-electron chi connectivity index (χ0n) is 16.4. The molecule has 0 atom stereocenters. The van der Waals surface area contributed by atoms with E-state index >= 15 is 0 Å². The van der Waals surface area contributed by atoms with E-state index in [0.29, 0.717) is 6.04 Å². The molecule has 3 heterocycles. The van der Waals surface area contributed by atoms with Gasteiger partial charge < -0.3 is 4.74 Å². The average Bonchev–Trinajstić information content (AvgIpc) is 3.40. The number of carbonyl (C=O) groups excluding carboxylic acids is 1. The lowest BCUT2D eigenvalue weighted by atomic mass is 9.93. The van der Waals surface area contributed by atoms with Gasteiger partial charge in [-0.15, -0.1) is 11.3 Å². The Kier molecular flexibility index (Phi) is 6.42. The van der Waals surface area contributed by atoms with Crippen LogP contribution in [0.15, 0.2) is 5.38 Å². The summed E-state index contributed by atoms with van der Waals surface area (Å²) < 4.78 is 5.43. The van der Waals surface area contributed by atoms with E-state index in [0.717, 1.165) is 62.4 Å². The van der Waals surface area contributed by atoms with Gasteiger partial charge in [0, 0.05) is 38.0 Å². The Balaban J connectivity index is 1.21. The van der Waals surface area contributed by atoms with E-state index < -0.39 is 0 Å². The van der Waals surface area contributed by atoms with Crippen molar-refractivity contribution in [3.8, 4) is 0 Å². The highest BCUT2D eigenvalue weighted by molar-refractivity contribution is 7.14. The van der Waals surface area contributed by atoms with Gasteiger partial charge in [-0.25, -0.2) is 4.98 Å². The molecule has 0 aromatic carbocycles. The fourth-order valence-electron chi connectivity index (χ4n) is 4.21. The molecule has 27 heavy (non-hydrogen) atoms. The number of piperidine rings is 1. The summed E-state index contributed by atoms with van der Waals surface area (Å²) in [7, 11) is 0. The Bertz CT molecular complexity index is 619. The number of anilines is 1. The second-order valence-electron chi connectivity index (χ2n) is 8.20. The monoisotopic (exact) mass is 392 g/mol. The second kappa shape index (κ2) is 8.99. The fraction of sp³-hybridized carbons (Fsp3) is 0.800. The van der Waals surface area contributed by atoms with Crippen LogP contribution in [0.5, 0.6) is 0 Å². The molecule has 7 heteroatoms. The number of carbonyl (C=O) groups is 1. The Morgan fingerprint density at radius 1 is 1.19 bits per heavy atom. The quantitative estimate of drug-likeness (QED) is 0.714. The molecule has 1 amide bonds. The molecule has 3 fully saturated rings. The summed E-state index contributed by atoms with van der Waals surface area (Å²) in [6.07, 6.45) is 6.15. The Morgan fingerprint density at radius 3 is 2.59 bits per heavy atom. The number of hydrogen-bond acceptors (Lipinski definition) is 6. The van der Waals surface area contributed by atoms with Gasteiger partial charge in [0.1, 0.15) is 0 Å². The molecule has 1 aromatic heterocycles. The molecular weight excluding hydrogens is 360 g/mol. The van der Waals surface area contributed by atoms with Crippen molar-refractivity contribution in [2.45, 2.75) is 51.6 Å². The van der Waals surface area contributed by atoms with E-state index in [2.05, 4.69) is 15.2 Å². The molecular formula is C20H32N4O2S. The first-order valence-corrected chi connectivity index (χ1v) is 11.3. The third kappa shape index (κ3) is 5.28. The van der Waals surface area contributed by atoms with Crippen LogP contribution in [0.25, 0.3) is 0 Å². The highest BCUT2D eigenvalue weighted by atomic mass is 32.1. The van der Waals surface area contributed by atoms with Gasteiger partial charge >= 0.3 is 0 Å². The first-order valence-electron chi connectivity index (χ1n) is 10.5. The van der Waals surface area contributed by atoms with Gasteiger partial charge in [-0.05, 0) is 57.7 Å². The first kappa shape index (κ1) is 19.3. The van der Waals surface area contributed by atoms with Crippen LogP contribution in [0.2, 0.25) is 0 Å². The minimum absolute atomic E-state index is 0.125. The molecule has 2 saturated heterocycles. The highest BCUT2D eigenvalue weighted by Crippen LogP contribution is 2.34. The molecule has 0 spiro atoms. The maximum Gasteiger partial charge on any atom is 0.225 e. The molecule has 0 N–H and O–H groups in total.